The number of hydrogen-bond donors (Lipinski definition) is 2. The minimum absolute atomic E-state index is 0.00923. The van der Waals surface area contributed by atoms with Gasteiger partial charge in [-0.05, 0) is 36.6 Å². The van der Waals surface area contributed by atoms with Crippen LogP contribution in [0.4, 0.5) is 17.1 Å². The maximum atomic E-state index is 12.1. The van der Waals surface area contributed by atoms with Gasteiger partial charge < -0.3 is 10.6 Å². The van der Waals surface area contributed by atoms with Crippen molar-refractivity contribution in [1.29, 1.82) is 0 Å². The minimum atomic E-state index is -0.459. The van der Waals surface area contributed by atoms with Gasteiger partial charge >= 0.3 is 0 Å². The van der Waals surface area contributed by atoms with E-state index in [1.165, 1.54) is 11.6 Å². The van der Waals surface area contributed by atoms with Gasteiger partial charge in [0.15, 0.2) is 0 Å². The Labute approximate surface area is 141 Å². The smallest absolute Gasteiger partial charge is 0.274 e. The Hall–Kier alpha value is -2.89. The predicted octanol–water partition coefficient (Wildman–Crippen LogP) is 4.08. The average Bonchev–Trinajstić information content (AvgIpc) is 2.55. The molecule has 1 amide bonds. The summed E-state index contributed by atoms with van der Waals surface area (Å²) in [5, 5.41) is 16.7. The molecule has 0 saturated carbocycles. The summed E-state index contributed by atoms with van der Waals surface area (Å²) in [4.78, 5) is 22.5. The van der Waals surface area contributed by atoms with Crippen LogP contribution in [0.2, 0.25) is 0 Å². The van der Waals surface area contributed by atoms with Crippen LogP contribution in [0, 0.1) is 17.0 Å². The quantitative estimate of drug-likeness (QED) is 0.618. The lowest BCUT2D eigenvalue weighted by Gasteiger charge is -2.11. The lowest BCUT2D eigenvalue weighted by atomic mass is 10.0. The Kier molecular flexibility index (Phi) is 5.52. The number of amides is 1. The van der Waals surface area contributed by atoms with E-state index in [9.17, 15) is 14.9 Å². The van der Waals surface area contributed by atoms with Crippen LogP contribution in [0.3, 0.4) is 0 Å². The average molecular weight is 327 g/mol. The summed E-state index contributed by atoms with van der Waals surface area (Å²) in [6.45, 7) is 5.95. The SMILES string of the molecule is Cc1c(NC(=O)CNc2ccc(C(C)C)cc2)cccc1[N+](=O)[O-]. The highest BCUT2D eigenvalue weighted by atomic mass is 16.6. The zero-order valence-electron chi connectivity index (χ0n) is 14.0. The van der Waals surface area contributed by atoms with Gasteiger partial charge in [0, 0.05) is 11.8 Å². The van der Waals surface area contributed by atoms with Crippen molar-refractivity contribution < 1.29 is 9.72 Å². The van der Waals surface area contributed by atoms with Gasteiger partial charge in [-0.3, -0.25) is 14.9 Å². The Morgan fingerprint density at radius 1 is 1.17 bits per heavy atom. The standard InChI is InChI=1S/C18H21N3O3/c1-12(2)14-7-9-15(10-8-14)19-11-18(22)20-16-5-4-6-17(13(16)3)21(23)24/h4-10,12,19H,11H2,1-3H3,(H,20,22). The molecule has 126 valence electrons. The van der Waals surface area contributed by atoms with E-state index in [4.69, 9.17) is 0 Å². The van der Waals surface area contributed by atoms with Gasteiger partial charge in [-0.15, -0.1) is 0 Å². The van der Waals surface area contributed by atoms with Crippen LogP contribution in [0.5, 0.6) is 0 Å². The molecule has 0 fully saturated rings. The molecular formula is C18H21N3O3. The number of anilines is 2. The first-order valence-corrected chi connectivity index (χ1v) is 7.76. The molecule has 2 N–H and O–H groups in total. The molecule has 0 atom stereocenters. The van der Waals surface area contributed by atoms with E-state index < -0.39 is 4.92 Å². The van der Waals surface area contributed by atoms with Crippen molar-refractivity contribution in [1.82, 2.24) is 0 Å². The highest BCUT2D eigenvalue weighted by Crippen LogP contribution is 2.25. The highest BCUT2D eigenvalue weighted by Gasteiger charge is 2.14. The lowest BCUT2D eigenvalue weighted by molar-refractivity contribution is -0.385. The molecule has 0 aliphatic rings. The van der Waals surface area contributed by atoms with Crippen LogP contribution in [-0.4, -0.2) is 17.4 Å². The third kappa shape index (κ3) is 4.32. The van der Waals surface area contributed by atoms with Crippen molar-refractivity contribution >= 4 is 23.0 Å². The number of nitro benzene ring substituents is 1. The first kappa shape index (κ1) is 17.5. The van der Waals surface area contributed by atoms with E-state index >= 15 is 0 Å². The monoisotopic (exact) mass is 327 g/mol. The van der Waals surface area contributed by atoms with Crippen molar-refractivity contribution in [3.05, 3.63) is 63.7 Å². The number of carbonyl (C=O) groups is 1. The molecule has 0 bridgehead atoms. The molecule has 6 nitrogen and oxygen atoms in total. The molecule has 0 saturated heterocycles. The molecule has 6 heteroatoms. The van der Waals surface area contributed by atoms with E-state index in [2.05, 4.69) is 24.5 Å². The second-order valence-corrected chi connectivity index (χ2v) is 5.89. The second kappa shape index (κ2) is 7.59. The van der Waals surface area contributed by atoms with Gasteiger partial charge in [0.05, 0.1) is 22.7 Å². The number of carbonyl (C=O) groups excluding carboxylic acids is 1. The van der Waals surface area contributed by atoms with Crippen LogP contribution < -0.4 is 10.6 Å². The van der Waals surface area contributed by atoms with Gasteiger partial charge in [-0.2, -0.15) is 0 Å². The number of nitrogens with zero attached hydrogens (tertiary/aromatic N) is 1. The first-order chi connectivity index (χ1) is 11.4. The number of benzene rings is 2. The lowest BCUT2D eigenvalue weighted by Crippen LogP contribution is -2.22. The summed E-state index contributed by atoms with van der Waals surface area (Å²) in [6.07, 6.45) is 0. The zero-order valence-corrected chi connectivity index (χ0v) is 14.0. The van der Waals surface area contributed by atoms with Gasteiger partial charge in [-0.1, -0.05) is 32.0 Å². The molecule has 24 heavy (non-hydrogen) atoms. The Morgan fingerprint density at radius 2 is 1.83 bits per heavy atom. The number of hydrogen-bond acceptors (Lipinski definition) is 4. The van der Waals surface area contributed by atoms with Gasteiger partial charge in [0.2, 0.25) is 5.91 Å². The van der Waals surface area contributed by atoms with Crippen molar-refractivity contribution in [2.24, 2.45) is 0 Å². The van der Waals surface area contributed by atoms with Crippen LogP contribution in [0.1, 0.15) is 30.9 Å². The fourth-order valence-electron chi connectivity index (χ4n) is 2.32. The molecule has 0 heterocycles. The third-order valence-electron chi connectivity index (χ3n) is 3.81. The Balaban J connectivity index is 1.96. The molecule has 2 rings (SSSR count). The molecule has 0 radical (unpaired) electrons. The van der Waals surface area contributed by atoms with Crippen LogP contribution in [-0.2, 0) is 4.79 Å². The maximum Gasteiger partial charge on any atom is 0.274 e. The number of rotatable bonds is 6. The molecule has 0 aliphatic heterocycles. The summed E-state index contributed by atoms with van der Waals surface area (Å²) in [5.41, 5.74) is 2.97. The second-order valence-electron chi connectivity index (χ2n) is 5.89. The Bertz CT molecular complexity index is 740. The molecule has 0 spiro atoms. The van der Waals surface area contributed by atoms with E-state index in [1.54, 1.807) is 19.1 Å². The maximum absolute atomic E-state index is 12.1. The van der Waals surface area contributed by atoms with Crippen molar-refractivity contribution in [3.63, 3.8) is 0 Å². The van der Waals surface area contributed by atoms with Gasteiger partial charge in [-0.25, -0.2) is 0 Å². The summed E-state index contributed by atoms with van der Waals surface area (Å²) in [6, 6.07) is 12.5. The molecule has 0 aliphatic carbocycles. The summed E-state index contributed by atoms with van der Waals surface area (Å²) >= 11 is 0. The summed E-state index contributed by atoms with van der Waals surface area (Å²) < 4.78 is 0. The molecule has 2 aromatic rings. The predicted molar refractivity (Wildman–Crippen MR) is 95.5 cm³/mol. The van der Waals surface area contributed by atoms with Crippen molar-refractivity contribution in [2.45, 2.75) is 26.7 Å². The minimum Gasteiger partial charge on any atom is -0.376 e. The van der Waals surface area contributed by atoms with E-state index in [1.807, 2.05) is 24.3 Å². The topological polar surface area (TPSA) is 84.3 Å². The van der Waals surface area contributed by atoms with Gasteiger partial charge in [0.1, 0.15) is 0 Å². The van der Waals surface area contributed by atoms with Crippen LogP contribution in [0.25, 0.3) is 0 Å². The molecule has 2 aromatic carbocycles. The zero-order chi connectivity index (χ0) is 17.7. The normalized spacial score (nSPS) is 10.5. The first-order valence-electron chi connectivity index (χ1n) is 7.76. The fourth-order valence-corrected chi connectivity index (χ4v) is 2.32. The highest BCUT2D eigenvalue weighted by molar-refractivity contribution is 5.94. The van der Waals surface area contributed by atoms with E-state index in [-0.39, 0.29) is 18.1 Å². The number of nitro groups is 1. The largest absolute Gasteiger partial charge is 0.376 e. The Morgan fingerprint density at radius 3 is 2.42 bits per heavy atom. The molecular weight excluding hydrogens is 306 g/mol. The van der Waals surface area contributed by atoms with Crippen molar-refractivity contribution in [3.8, 4) is 0 Å². The fraction of sp³-hybridized carbons (Fsp3) is 0.278. The molecule has 0 aromatic heterocycles. The third-order valence-corrected chi connectivity index (χ3v) is 3.81. The molecule has 0 unspecified atom stereocenters. The van der Waals surface area contributed by atoms with Crippen LogP contribution >= 0.6 is 0 Å². The van der Waals surface area contributed by atoms with E-state index in [0.717, 1.165) is 5.69 Å². The number of nitrogens with one attached hydrogen (secondary N) is 2. The van der Waals surface area contributed by atoms with E-state index in [0.29, 0.717) is 17.2 Å². The summed E-state index contributed by atoms with van der Waals surface area (Å²) in [5.74, 6) is 0.200. The van der Waals surface area contributed by atoms with Crippen molar-refractivity contribution in [2.75, 3.05) is 17.2 Å². The van der Waals surface area contributed by atoms with Gasteiger partial charge in [0.25, 0.3) is 5.69 Å². The van der Waals surface area contributed by atoms with Crippen LogP contribution in [0.15, 0.2) is 42.5 Å². The summed E-state index contributed by atoms with van der Waals surface area (Å²) in [7, 11) is 0.